The number of halogens is 1. The highest BCUT2D eigenvalue weighted by Crippen LogP contribution is 2.27. The summed E-state index contributed by atoms with van der Waals surface area (Å²) in [6.07, 6.45) is 1.49. The molecule has 10 heteroatoms. The van der Waals surface area contributed by atoms with Crippen molar-refractivity contribution in [3.8, 4) is 0 Å². The monoisotopic (exact) mass is 550 g/mol. The molecule has 1 fully saturated rings. The van der Waals surface area contributed by atoms with Crippen molar-refractivity contribution in [1.29, 1.82) is 0 Å². The Hall–Kier alpha value is -3.30. The third kappa shape index (κ3) is 5.59. The largest absolute Gasteiger partial charge is 0.357 e. The van der Waals surface area contributed by atoms with E-state index in [9.17, 15) is 9.59 Å². The van der Waals surface area contributed by atoms with Gasteiger partial charge in [-0.15, -0.1) is 0 Å². The normalized spacial score (nSPS) is 14.2. The first-order valence-corrected chi connectivity index (χ1v) is 14.3. The first kappa shape index (κ1) is 26.3. The van der Waals surface area contributed by atoms with Crippen LogP contribution in [0.25, 0.3) is 11.0 Å². The maximum Gasteiger partial charge on any atom is 0.326 e. The average Bonchev–Trinajstić information content (AvgIpc) is 3.28. The summed E-state index contributed by atoms with van der Waals surface area (Å²) < 4.78 is 1.85. The lowest BCUT2D eigenvalue weighted by molar-refractivity contribution is 0.0695. The summed E-state index contributed by atoms with van der Waals surface area (Å²) in [5.74, 6) is 1.53. The number of nitrogens with zero attached hydrogens (tertiary/aromatic N) is 5. The molecule has 1 N–H and O–H groups in total. The molecule has 0 unspecified atom stereocenters. The van der Waals surface area contributed by atoms with Crippen LogP contribution in [0.4, 0.5) is 5.82 Å². The molecule has 0 saturated carbocycles. The van der Waals surface area contributed by atoms with Gasteiger partial charge in [-0.05, 0) is 56.5 Å². The minimum atomic E-state index is -0.0862. The Morgan fingerprint density at radius 2 is 1.79 bits per heavy atom. The highest BCUT2D eigenvalue weighted by molar-refractivity contribution is 7.98. The van der Waals surface area contributed by atoms with E-state index >= 15 is 0 Å². The number of likely N-dealkylation sites (tertiary alicyclic amines) is 1. The van der Waals surface area contributed by atoms with Crippen LogP contribution in [0.2, 0.25) is 5.15 Å². The van der Waals surface area contributed by atoms with Gasteiger partial charge < -0.3 is 14.8 Å². The van der Waals surface area contributed by atoms with Gasteiger partial charge in [-0.1, -0.05) is 47.6 Å². The molecule has 8 nitrogen and oxygen atoms in total. The second-order valence-electron chi connectivity index (χ2n) is 9.33. The van der Waals surface area contributed by atoms with Gasteiger partial charge in [-0.3, -0.25) is 9.36 Å². The van der Waals surface area contributed by atoms with Crippen LogP contribution in [0.15, 0.2) is 64.5 Å². The molecule has 198 valence electrons. The lowest BCUT2D eigenvalue weighted by atomic mass is 10.0. The number of hydrogen-bond donors (Lipinski definition) is 1. The third-order valence-electron chi connectivity index (χ3n) is 7.06. The van der Waals surface area contributed by atoms with Gasteiger partial charge in [-0.2, -0.15) is 0 Å². The molecule has 0 aliphatic carbocycles. The molecule has 1 aliphatic rings. The number of piperidine rings is 1. The summed E-state index contributed by atoms with van der Waals surface area (Å²) in [7, 11) is 0. The second-order valence-corrected chi connectivity index (χ2v) is 10.7. The van der Waals surface area contributed by atoms with Crippen molar-refractivity contribution in [1.82, 2.24) is 24.4 Å². The van der Waals surface area contributed by atoms with E-state index in [2.05, 4.69) is 33.7 Å². The number of fused-ring (bicyclic) bond motifs is 1. The summed E-state index contributed by atoms with van der Waals surface area (Å²) in [6.45, 7) is 7.11. The number of benzene rings is 2. The third-order valence-corrected chi connectivity index (χ3v) is 8.17. The topological polar surface area (TPSA) is 87.1 Å². The van der Waals surface area contributed by atoms with Crippen molar-refractivity contribution in [3.63, 3.8) is 0 Å². The van der Waals surface area contributed by atoms with Crippen LogP contribution >= 0.6 is 23.4 Å². The van der Waals surface area contributed by atoms with E-state index in [0.29, 0.717) is 34.7 Å². The number of aromatic nitrogens is 4. The van der Waals surface area contributed by atoms with Gasteiger partial charge >= 0.3 is 5.69 Å². The standard InChI is InChI=1S/C28H31ClN6O2S/c1-3-33(4-2)25-17-24(29)31-27(32-25)38-18-19-9-11-20(12-10-19)26(36)34-15-13-21(14-16-34)35-23-8-6-5-7-22(23)30-28(35)37/h5-12,17,21H,3-4,13-16,18H2,1-2H3,(H,30,37). The molecular weight excluding hydrogens is 520 g/mol. The van der Waals surface area contributed by atoms with Crippen LogP contribution in [0.1, 0.15) is 48.7 Å². The molecular formula is C28H31ClN6O2S. The number of rotatable bonds is 8. The Labute approximate surface area is 231 Å². The first-order chi connectivity index (χ1) is 18.5. The van der Waals surface area contributed by atoms with Gasteiger partial charge in [-0.25, -0.2) is 14.8 Å². The first-order valence-electron chi connectivity index (χ1n) is 13.0. The number of thioether (sulfide) groups is 1. The smallest absolute Gasteiger partial charge is 0.326 e. The van der Waals surface area contributed by atoms with Gasteiger partial charge in [0.1, 0.15) is 11.0 Å². The number of carbonyl (C=O) groups is 1. The zero-order valence-corrected chi connectivity index (χ0v) is 23.1. The molecule has 0 bridgehead atoms. The van der Waals surface area contributed by atoms with Crippen LogP contribution in [0.3, 0.4) is 0 Å². The van der Waals surface area contributed by atoms with Crippen LogP contribution < -0.4 is 10.6 Å². The molecule has 3 heterocycles. The molecule has 0 atom stereocenters. The van der Waals surface area contributed by atoms with Crippen LogP contribution in [-0.4, -0.2) is 56.5 Å². The van der Waals surface area contributed by atoms with Crippen molar-refractivity contribution in [2.75, 3.05) is 31.1 Å². The fourth-order valence-corrected chi connectivity index (χ4v) is 6.03. The van der Waals surface area contributed by atoms with Gasteiger partial charge in [0.05, 0.1) is 11.0 Å². The summed E-state index contributed by atoms with van der Waals surface area (Å²) in [6, 6.07) is 17.3. The van der Waals surface area contributed by atoms with Gasteiger partial charge in [0.25, 0.3) is 5.91 Å². The molecule has 1 saturated heterocycles. The zero-order chi connectivity index (χ0) is 26.6. The second kappa shape index (κ2) is 11.6. The molecule has 0 spiro atoms. The zero-order valence-electron chi connectivity index (χ0n) is 21.6. The number of hydrogen-bond acceptors (Lipinski definition) is 6. The summed E-state index contributed by atoms with van der Waals surface area (Å²) in [4.78, 5) is 41.7. The van der Waals surface area contributed by atoms with Crippen molar-refractivity contribution in [3.05, 3.63) is 81.4 Å². The van der Waals surface area contributed by atoms with Crippen LogP contribution in [0, 0.1) is 0 Å². The minimum absolute atomic E-state index is 0.0240. The van der Waals surface area contributed by atoms with Crippen LogP contribution in [-0.2, 0) is 5.75 Å². The maximum absolute atomic E-state index is 13.2. The number of carbonyl (C=O) groups excluding carboxylic acids is 1. The molecule has 38 heavy (non-hydrogen) atoms. The van der Waals surface area contributed by atoms with E-state index in [1.54, 1.807) is 6.07 Å². The van der Waals surface area contributed by atoms with E-state index in [4.69, 9.17) is 11.6 Å². The Morgan fingerprint density at radius 3 is 2.50 bits per heavy atom. The number of anilines is 1. The number of H-pyrrole nitrogens is 1. The Kier molecular flexibility index (Phi) is 8.04. The number of para-hydroxylation sites is 2. The van der Waals surface area contributed by atoms with Crippen molar-refractivity contribution >= 4 is 46.1 Å². The molecule has 4 aromatic rings. The predicted molar refractivity (Wildman–Crippen MR) is 153 cm³/mol. The highest BCUT2D eigenvalue weighted by Gasteiger charge is 2.26. The number of nitrogens with one attached hydrogen (secondary N) is 1. The molecule has 2 aromatic heterocycles. The predicted octanol–water partition coefficient (Wildman–Crippen LogP) is 5.39. The molecule has 0 radical (unpaired) electrons. The Balaban J connectivity index is 1.19. The van der Waals surface area contributed by atoms with Crippen LogP contribution in [0.5, 0.6) is 0 Å². The van der Waals surface area contributed by atoms with Gasteiger partial charge in [0.2, 0.25) is 0 Å². The summed E-state index contributed by atoms with van der Waals surface area (Å²) in [5.41, 5.74) is 3.43. The van der Waals surface area contributed by atoms with Crippen molar-refractivity contribution < 1.29 is 4.79 Å². The molecule has 1 aliphatic heterocycles. The number of aromatic amines is 1. The number of imidazole rings is 1. The van der Waals surface area contributed by atoms with E-state index in [1.165, 1.54) is 11.8 Å². The Bertz CT molecular complexity index is 1470. The lowest BCUT2D eigenvalue weighted by Gasteiger charge is -2.32. The SMILES string of the molecule is CCN(CC)c1cc(Cl)nc(SCc2ccc(C(=O)N3CCC(n4c(=O)[nH]c5ccccc54)CC3)cc2)n1. The minimum Gasteiger partial charge on any atom is -0.357 e. The van der Waals surface area contributed by atoms with Gasteiger partial charge in [0, 0.05) is 49.6 Å². The quantitative estimate of drug-likeness (QED) is 0.180. The van der Waals surface area contributed by atoms with E-state index in [0.717, 1.165) is 48.3 Å². The highest BCUT2D eigenvalue weighted by atomic mass is 35.5. The van der Waals surface area contributed by atoms with Crippen molar-refractivity contribution in [2.24, 2.45) is 0 Å². The maximum atomic E-state index is 13.2. The van der Waals surface area contributed by atoms with E-state index in [-0.39, 0.29) is 17.6 Å². The molecule has 2 aromatic carbocycles. The average molecular weight is 551 g/mol. The Morgan fingerprint density at radius 1 is 1.08 bits per heavy atom. The summed E-state index contributed by atoms with van der Waals surface area (Å²) >= 11 is 7.76. The summed E-state index contributed by atoms with van der Waals surface area (Å²) in [5, 5.41) is 1.07. The van der Waals surface area contributed by atoms with Crippen molar-refractivity contribution in [2.45, 2.75) is 43.6 Å². The van der Waals surface area contributed by atoms with E-state index < -0.39 is 0 Å². The number of amides is 1. The fourth-order valence-electron chi connectivity index (χ4n) is 5.00. The lowest BCUT2D eigenvalue weighted by Crippen LogP contribution is -2.40. The molecule has 5 rings (SSSR count). The fraction of sp³-hybridized carbons (Fsp3) is 0.357. The molecule has 1 amide bonds. The van der Waals surface area contributed by atoms with Gasteiger partial charge in [0.15, 0.2) is 5.16 Å². The van der Waals surface area contributed by atoms with E-state index in [1.807, 2.05) is 58.0 Å².